The van der Waals surface area contributed by atoms with E-state index in [4.69, 9.17) is 9.68 Å². The number of nitriles is 1. The molecule has 1 aromatic heterocycles. The first-order valence-corrected chi connectivity index (χ1v) is 7.58. The Hall–Kier alpha value is -2.54. The van der Waals surface area contributed by atoms with Gasteiger partial charge in [-0.25, -0.2) is 0 Å². The highest BCUT2D eigenvalue weighted by Gasteiger charge is 2.11. The first kappa shape index (κ1) is 15.8. The van der Waals surface area contributed by atoms with E-state index in [9.17, 15) is 4.79 Å². The van der Waals surface area contributed by atoms with Crippen molar-refractivity contribution in [1.29, 1.82) is 5.26 Å². The van der Waals surface area contributed by atoms with Gasteiger partial charge in [-0.05, 0) is 18.6 Å². The molecule has 0 unspecified atom stereocenters. The van der Waals surface area contributed by atoms with E-state index in [2.05, 4.69) is 11.4 Å². The van der Waals surface area contributed by atoms with E-state index in [1.165, 1.54) is 6.08 Å². The Morgan fingerprint density at radius 2 is 2.18 bits per heavy atom. The largest absolute Gasteiger partial charge is 0.460 e. The highest BCUT2D eigenvalue weighted by Crippen LogP contribution is 2.27. The smallest absolute Gasteiger partial charge is 0.245 e. The number of hydrogen-bond donors (Lipinski definition) is 1. The molecule has 4 nitrogen and oxygen atoms in total. The number of rotatable bonds is 6. The fraction of sp³-hybridized carbons (Fsp3) is 0.333. The first-order chi connectivity index (χ1) is 10.7. The van der Waals surface area contributed by atoms with Gasteiger partial charge in [-0.2, -0.15) is 5.26 Å². The summed E-state index contributed by atoms with van der Waals surface area (Å²) in [7, 11) is 0. The van der Waals surface area contributed by atoms with Crippen molar-refractivity contribution in [3.05, 3.63) is 41.7 Å². The summed E-state index contributed by atoms with van der Waals surface area (Å²) in [5.74, 6) is 0.600. The zero-order valence-electron chi connectivity index (χ0n) is 12.9. The Bertz CT molecular complexity index is 722. The fourth-order valence-electron chi connectivity index (χ4n) is 2.40. The maximum absolute atomic E-state index is 11.9. The first-order valence-electron chi connectivity index (χ1n) is 7.58. The third-order valence-electron chi connectivity index (χ3n) is 3.48. The van der Waals surface area contributed by atoms with E-state index in [1.54, 1.807) is 6.08 Å². The average molecular weight is 296 g/mol. The van der Waals surface area contributed by atoms with Crippen LogP contribution < -0.4 is 5.32 Å². The molecule has 4 heteroatoms. The fourth-order valence-corrected chi connectivity index (χ4v) is 2.40. The molecule has 1 amide bonds. The average Bonchev–Trinajstić information content (AvgIpc) is 2.90. The molecular weight excluding hydrogens is 276 g/mol. The Morgan fingerprint density at radius 3 is 2.86 bits per heavy atom. The highest BCUT2D eigenvalue weighted by atomic mass is 16.3. The van der Waals surface area contributed by atoms with Crippen LogP contribution in [0, 0.1) is 11.3 Å². The van der Waals surface area contributed by atoms with Gasteiger partial charge in [-0.15, -0.1) is 0 Å². The predicted octanol–water partition coefficient (Wildman–Crippen LogP) is 3.82. The van der Waals surface area contributed by atoms with E-state index in [0.717, 1.165) is 35.1 Å². The van der Waals surface area contributed by atoms with Crippen molar-refractivity contribution < 1.29 is 9.21 Å². The number of carbonyl (C=O) groups is 1. The molecule has 1 heterocycles. The number of benzene rings is 1. The molecule has 0 aliphatic rings. The van der Waals surface area contributed by atoms with Crippen LogP contribution in [-0.4, -0.2) is 11.9 Å². The second-order valence-electron chi connectivity index (χ2n) is 5.10. The zero-order valence-corrected chi connectivity index (χ0v) is 12.9. The topological polar surface area (TPSA) is 66.0 Å². The van der Waals surface area contributed by atoms with Gasteiger partial charge in [0.25, 0.3) is 0 Å². The van der Waals surface area contributed by atoms with Crippen LogP contribution in [0.25, 0.3) is 17.0 Å². The summed E-state index contributed by atoms with van der Waals surface area (Å²) in [6.45, 7) is 4.00. The van der Waals surface area contributed by atoms with Crippen molar-refractivity contribution in [3.8, 4) is 6.07 Å². The summed E-state index contributed by atoms with van der Waals surface area (Å²) in [5, 5.41) is 12.7. The second kappa shape index (κ2) is 7.46. The maximum atomic E-state index is 11.9. The van der Waals surface area contributed by atoms with Crippen LogP contribution in [0.4, 0.5) is 0 Å². The quantitative estimate of drug-likeness (QED) is 0.824. The third kappa shape index (κ3) is 3.56. The van der Waals surface area contributed by atoms with Crippen molar-refractivity contribution in [1.82, 2.24) is 5.32 Å². The number of furan rings is 1. The number of amides is 1. The molecule has 22 heavy (non-hydrogen) atoms. The number of nitrogens with zero attached hydrogens (tertiary/aromatic N) is 1. The number of nitrogens with one attached hydrogen (secondary N) is 1. The summed E-state index contributed by atoms with van der Waals surface area (Å²) in [4.78, 5) is 11.9. The Balaban J connectivity index is 2.19. The van der Waals surface area contributed by atoms with Gasteiger partial charge >= 0.3 is 0 Å². The molecule has 0 fully saturated rings. The van der Waals surface area contributed by atoms with Crippen molar-refractivity contribution >= 4 is 23.0 Å². The minimum Gasteiger partial charge on any atom is -0.460 e. The van der Waals surface area contributed by atoms with Gasteiger partial charge in [-0.3, -0.25) is 4.79 Å². The number of para-hydroxylation sites is 1. The predicted molar refractivity (Wildman–Crippen MR) is 87.1 cm³/mol. The van der Waals surface area contributed by atoms with Gasteiger partial charge in [0.15, 0.2) is 0 Å². The number of aryl methyl sites for hydroxylation is 1. The summed E-state index contributed by atoms with van der Waals surface area (Å²) >= 11 is 0. The molecular formula is C18H20N2O2. The van der Waals surface area contributed by atoms with Crippen molar-refractivity contribution in [2.24, 2.45) is 0 Å². The van der Waals surface area contributed by atoms with Gasteiger partial charge in [0.2, 0.25) is 5.91 Å². The van der Waals surface area contributed by atoms with Crippen LogP contribution in [0.2, 0.25) is 0 Å². The van der Waals surface area contributed by atoms with Gasteiger partial charge < -0.3 is 9.73 Å². The minimum absolute atomic E-state index is 0.257. The van der Waals surface area contributed by atoms with Crippen LogP contribution in [0.5, 0.6) is 0 Å². The Kier molecular flexibility index (Phi) is 5.37. The molecule has 0 saturated heterocycles. The molecule has 2 aromatic rings. The molecule has 0 radical (unpaired) electrons. The van der Waals surface area contributed by atoms with Gasteiger partial charge in [0.05, 0.1) is 6.07 Å². The van der Waals surface area contributed by atoms with Gasteiger partial charge in [-0.1, -0.05) is 38.5 Å². The maximum Gasteiger partial charge on any atom is 0.245 e. The lowest BCUT2D eigenvalue weighted by atomic mass is 10.1. The molecule has 1 N–H and O–H groups in total. The number of carbonyl (C=O) groups excluding carboxylic acids is 1. The summed E-state index contributed by atoms with van der Waals surface area (Å²) in [6, 6.07) is 9.42. The molecule has 0 bridgehead atoms. The molecule has 2 rings (SSSR count). The highest BCUT2D eigenvalue weighted by molar-refractivity contribution is 5.96. The van der Waals surface area contributed by atoms with E-state index in [0.29, 0.717) is 6.42 Å². The molecule has 0 spiro atoms. The minimum atomic E-state index is -0.436. The lowest BCUT2D eigenvalue weighted by molar-refractivity contribution is -0.116. The normalized spacial score (nSPS) is 12.4. The van der Waals surface area contributed by atoms with E-state index in [-0.39, 0.29) is 5.91 Å². The molecule has 1 aromatic carbocycles. The van der Waals surface area contributed by atoms with Crippen molar-refractivity contribution in [3.63, 3.8) is 0 Å². The lowest BCUT2D eigenvalue weighted by Crippen LogP contribution is -2.32. The van der Waals surface area contributed by atoms with Crippen LogP contribution in [0.1, 0.15) is 38.0 Å². The lowest BCUT2D eigenvalue weighted by Gasteiger charge is -2.07. The standard InChI is InChI=1S/C18H20N2O2/c1-3-7-13(12-19)20-18(21)11-10-15-14-8-5-6-9-17(14)22-16(15)4-2/h5-6,8-11,13H,3-4,7H2,1-2H3,(H,20,21)/b11-10-/t13-/m1/s1. The third-order valence-corrected chi connectivity index (χ3v) is 3.48. The number of fused-ring (bicyclic) bond motifs is 1. The molecule has 114 valence electrons. The van der Waals surface area contributed by atoms with Crippen molar-refractivity contribution in [2.75, 3.05) is 0 Å². The van der Waals surface area contributed by atoms with E-state index in [1.807, 2.05) is 38.1 Å². The van der Waals surface area contributed by atoms with Crippen LogP contribution in [0.3, 0.4) is 0 Å². The van der Waals surface area contributed by atoms with E-state index < -0.39 is 6.04 Å². The van der Waals surface area contributed by atoms with Gasteiger partial charge in [0.1, 0.15) is 17.4 Å². The van der Waals surface area contributed by atoms with Gasteiger partial charge in [0, 0.05) is 23.4 Å². The summed E-state index contributed by atoms with van der Waals surface area (Å²) < 4.78 is 5.79. The Morgan fingerprint density at radius 1 is 1.41 bits per heavy atom. The zero-order chi connectivity index (χ0) is 15.9. The van der Waals surface area contributed by atoms with E-state index >= 15 is 0 Å². The van der Waals surface area contributed by atoms with Crippen molar-refractivity contribution in [2.45, 2.75) is 39.2 Å². The van der Waals surface area contributed by atoms with Crippen LogP contribution in [-0.2, 0) is 11.2 Å². The second-order valence-corrected chi connectivity index (χ2v) is 5.10. The molecule has 0 aliphatic heterocycles. The summed E-state index contributed by atoms with van der Waals surface area (Å²) in [6.07, 6.45) is 5.50. The van der Waals surface area contributed by atoms with Crippen LogP contribution >= 0.6 is 0 Å². The SMILES string of the molecule is CCC[C@H](C#N)NC(=O)/C=C\c1c(CC)oc2ccccc12. The molecule has 0 aliphatic carbocycles. The molecule has 0 saturated carbocycles. The molecule has 1 atom stereocenters. The Labute approximate surface area is 130 Å². The van der Waals surface area contributed by atoms with Crippen LogP contribution in [0.15, 0.2) is 34.8 Å². The summed E-state index contributed by atoms with van der Waals surface area (Å²) in [5.41, 5.74) is 1.75. The monoisotopic (exact) mass is 296 g/mol. The number of hydrogen-bond acceptors (Lipinski definition) is 3.